The third-order valence-electron chi connectivity index (χ3n) is 4.87. The molecule has 0 unspecified atom stereocenters. The number of sulfonamides is 1. The number of benzene rings is 3. The molecule has 3 aromatic rings. The highest BCUT2D eigenvalue weighted by molar-refractivity contribution is 7.93. The first-order valence-corrected chi connectivity index (χ1v) is 10.3. The van der Waals surface area contributed by atoms with E-state index < -0.39 is 10.0 Å². The first-order chi connectivity index (χ1) is 13.0. The zero-order valence-electron chi connectivity index (χ0n) is 15.0. The minimum Gasteiger partial charge on any atom is -0.326 e. The van der Waals surface area contributed by atoms with Gasteiger partial charge in [0.25, 0.3) is 10.0 Å². The predicted octanol–water partition coefficient (Wildman–Crippen LogP) is 4.08. The Morgan fingerprint density at radius 2 is 1.74 bits per heavy atom. The fraction of sp³-hybridized carbons (Fsp3) is 0.190. The average molecular weight is 380 g/mol. The van der Waals surface area contributed by atoms with Gasteiger partial charge < -0.3 is 5.32 Å². The number of anilines is 2. The Balaban J connectivity index is 1.47. The summed E-state index contributed by atoms with van der Waals surface area (Å²) in [5.41, 5.74) is 2.48. The SMILES string of the molecule is Cc1ccccc1NC(=O)CCCN1c2cccc3cccc(c23)S1(=O)=O. The molecule has 0 bridgehead atoms. The van der Waals surface area contributed by atoms with Gasteiger partial charge in [0, 0.05) is 24.0 Å². The van der Waals surface area contributed by atoms with Gasteiger partial charge in [0.05, 0.1) is 10.6 Å². The van der Waals surface area contributed by atoms with Crippen molar-refractivity contribution < 1.29 is 13.2 Å². The van der Waals surface area contributed by atoms with Crippen LogP contribution in [0, 0.1) is 6.92 Å². The van der Waals surface area contributed by atoms with Crippen LogP contribution >= 0.6 is 0 Å². The molecule has 1 aliphatic rings. The van der Waals surface area contributed by atoms with Crippen molar-refractivity contribution in [1.82, 2.24) is 0 Å². The topological polar surface area (TPSA) is 66.5 Å². The van der Waals surface area contributed by atoms with Gasteiger partial charge in [-0.3, -0.25) is 9.10 Å². The fourth-order valence-electron chi connectivity index (χ4n) is 3.51. The molecule has 5 nitrogen and oxygen atoms in total. The summed E-state index contributed by atoms with van der Waals surface area (Å²) >= 11 is 0. The van der Waals surface area contributed by atoms with E-state index in [-0.39, 0.29) is 18.9 Å². The lowest BCUT2D eigenvalue weighted by Crippen LogP contribution is -2.29. The van der Waals surface area contributed by atoms with Crippen LogP contribution in [0.4, 0.5) is 11.4 Å². The van der Waals surface area contributed by atoms with Crippen molar-refractivity contribution in [2.24, 2.45) is 0 Å². The van der Waals surface area contributed by atoms with E-state index in [1.54, 1.807) is 12.1 Å². The number of nitrogens with zero attached hydrogens (tertiary/aromatic N) is 1. The second-order valence-electron chi connectivity index (χ2n) is 6.68. The van der Waals surface area contributed by atoms with Gasteiger partial charge in [-0.25, -0.2) is 8.42 Å². The lowest BCUT2D eigenvalue weighted by atomic mass is 10.1. The molecular weight excluding hydrogens is 360 g/mol. The Labute approximate surface area is 158 Å². The molecule has 138 valence electrons. The summed E-state index contributed by atoms with van der Waals surface area (Å²) in [4.78, 5) is 12.6. The van der Waals surface area contributed by atoms with E-state index in [4.69, 9.17) is 0 Å². The van der Waals surface area contributed by atoms with Crippen molar-refractivity contribution >= 4 is 38.1 Å². The highest BCUT2D eigenvalue weighted by Gasteiger charge is 2.34. The van der Waals surface area contributed by atoms with Crippen LogP contribution in [0.3, 0.4) is 0 Å². The van der Waals surface area contributed by atoms with E-state index in [1.807, 2.05) is 55.5 Å². The molecule has 1 aliphatic heterocycles. The maximum atomic E-state index is 12.9. The van der Waals surface area contributed by atoms with Crippen LogP contribution in [-0.4, -0.2) is 20.9 Å². The van der Waals surface area contributed by atoms with Crippen LogP contribution in [0.15, 0.2) is 65.6 Å². The van der Waals surface area contributed by atoms with Gasteiger partial charge in [0.2, 0.25) is 5.91 Å². The van der Waals surface area contributed by atoms with E-state index in [0.29, 0.717) is 17.0 Å². The second-order valence-corrected chi connectivity index (χ2v) is 8.51. The number of para-hydroxylation sites is 1. The van der Waals surface area contributed by atoms with E-state index in [1.165, 1.54) is 4.31 Å². The van der Waals surface area contributed by atoms with E-state index in [9.17, 15) is 13.2 Å². The smallest absolute Gasteiger partial charge is 0.265 e. The first kappa shape index (κ1) is 17.5. The van der Waals surface area contributed by atoms with Gasteiger partial charge in [0.1, 0.15) is 0 Å². The molecule has 4 rings (SSSR count). The number of amides is 1. The second kappa shape index (κ2) is 6.70. The van der Waals surface area contributed by atoms with E-state index in [2.05, 4.69) is 5.32 Å². The number of nitrogens with one attached hydrogen (secondary N) is 1. The standard InChI is InChI=1S/C21H20N2O3S/c1-15-7-2-3-10-17(15)22-20(24)13-6-14-23-18-11-4-8-16-9-5-12-19(21(16)18)27(23,25)26/h2-5,7-12H,6,13-14H2,1H3,(H,22,24). The number of carbonyl (C=O) groups excluding carboxylic acids is 1. The summed E-state index contributed by atoms with van der Waals surface area (Å²) in [5, 5.41) is 4.56. The van der Waals surface area contributed by atoms with Gasteiger partial charge in [-0.15, -0.1) is 0 Å². The van der Waals surface area contributed by atoms with E-state index >= 15 is 0 Å². The molecule has 3 aromatic carbocycles. The van der Waals surface area contributed by atoms with Gasteiger partial charge in [-0.05, 0) is 42.5 Å². The number of aryl methyl sites for hydroxylation is 1. The molecule has 0 radical (unpaired) electrons. The number of hydrogen-bond acceptors (Lipinski definition) is 3. The monoisotopic (exact) mass is 380 g/mol. The lowest BCUT2D eigenvalue weighted by Gasteiger charge is -2.18. The molecule has 0 atom stereocenters. The molecule has 0 aromatic heterocycles. The zero-order valence-corrected chi connectivity index (χ0v) is 15.8. The quantitative estimate of drug-likeness (QED) is 0.725. The lowest BCUT2D eigenvalue weighted by molar-refractivity contribution is -0.116. The van der Waals surface area contributed by atoms with Crippen molar-refractivity contribution in [3.8, 4) is 0 Å². The molecule has 1 amide bonds. The summed E-state index contributed by atoms with van der Waals surface area (Å²) in [6.45, 7) is 2.21. The fourth-order valence-corrected chi connectivity index (χ4v) is 5.26. The number of rotatable bonds is 5. The average Bonchev–Trinajstić information content (AvgIpc) is 2.87. The molecule has 1 N–H and O–H groups in total. The van der Waals surface area contributed by atoms with Gasteiger partial charge in [0.15, 0.2) is 0 Å². The normalized spacial score (nSPS) is 14.5. The summed E-state index contributed by atoms with van der Waals surface area (Å²) in [7, 11) is -3.56. The molecule has 27 heavy (non-hydrogen) atoms. The van der Waals surface area contributed by atoms with E-state index in [0.717, 1.165) is 22.0 Å². The van der Waals surface area contributed by atoms with Crippen molar-refractivity contribution in [1.29, 1.82) is 0 Å². The zero-order chi connectivity index (χ0) is 19.0. The Hall–Kier alpha value is -2.86. The molecule has 6 heteroatoms. The Bertz CT molecular complexity index is 1130. The highest BCUT2D eigenvalue weighted by Crippen LogP contribution is 2.41. The Morgan fingerprint density at radius 3 is 2.52 bits per heavy atom. The molecule has 0 saturated heterocycles. The first-order valence-electron chi connectivity index (χ1n) is 8.88. The summed E-state index contributed by atoms with van der Waals surface area (Å²) in [5.74, 6) is -0.114. The molecule has 0 saturated carbocycles. The third kappa shape index (κ3) is 3.06. The number of carbonyl (C=O) groups is 1. The predicted molar refractivity (Wildman–Crippen MR) is 108 cm³/mol. The molecule has 0 fully saturated rings. The Kier molecular flexibility index (Phi) is 4.36. The van der Waals surface area contributed by atoms with Crippen LogP contribution in [0.2, 0.25) is 0 Å². The number of hydrogen-bond donors (Lipinski definition) is 1. The summed E-state index contributed by atoms with van der Waals surface area (Å²) in [6.07, 6.45) is 0.702. The van der Waals surface area contributed by atoms with Gasteiger partial charge in [-0.1, -0.05) is 42.5 Å². The van der Waals surface area contributed by atoms with Crippen LogP contribution in [0.5, 0.6) is 0 Å². The van der Waals surface area contributed by atoms with Crippen molar-refractivity contribution in [2.45, 2.75) is 24.7 Å². The Morgan fingerprint density at radius 1 is 1.00 bits per heavy atom. The summed E-state index contributed by atoms with van der Waals surface area (Å²) < 4.78 is 27.2. The molecule has 1 heterocycles. The summed E-state index contributed by atoms with van der Waals surface area (Å²) in [6, 6.07) is 18.5. The van der Waals surface area contributed by atoms with Crippen LogP contribution in [-0.2, 0) is 14.8 Å². The maximum absolute atomic E-state index is 12.9. The van der Waals surface area contributed by atoms with Crippen LogP contribution < -0.4 is 9.62 Å². The minimum absolute atomic E-state index is 0.114. The minimum atomic E-state index is -3.56. The van der Waals surface area contributed by atoms with Crippen molar-refractivity contribution in [3.05, 3.63) is 66.2 Å². The van der Waals surface area contributed by atoms with Crippen molar-refractivity contribution in [3.63, 3.8) is 0 Å². The van der Waals surface area contributed by atoms with Crippen molar-refractivity contribution in [2.75, 3.05) is 16.2 Å². The highest BCUT2D eigenvalue weighted by atomic mass is 32.2. The van der Waals surface area contributed by atoms with Gasteiger partial charge >= 0.3 is 0 Å². The molecule has 0 spiro atoms. The maximum Gasteiger partial charge on any atom is 0.265 e. The molecular formula is C21H20N2O3S. The third-order valence-corrected chi connectivity index (χ3v) is 6.72. The van der Waals surface area contributed by atoms with Crippen LogP contribution in [0.25, 0.3) is 10.8 Å². The molecule has 0 aliphatic carbocycles. The largest absolute Gasteiger partial charge is 0.326 e. The van der Waals surface area contributed by atoms with Crippen LogP contribution in [0.1, 0.15) is 18.4 Å². The van der Waals surface area contributed by atoms with Gasteiger partial charge in [-0.2, -0.15) is 0 Å².